The number of nitrogens with one attached hydrogen (secondary N) is 2. The summed E-state index contributed by atoms with van der Waals surface area (Å²) in [5, 5.41) is 6.65. The van der Waals surface area contributed by atoms with Gasteiger partial charge in [0.1, 0.15) is 5.75 Å². The quantitative estimate of drug-likeness (QED) is 0.791. The van der Waals surface area contributed by atoms with Crippen LogP contribution in [0.2, 0.25) is 0 Å². The minimum atomic E-state index is 0. The lowest BCUT2D eigenvalue weighted by Crippen LogP contribution is -2.44. The molecule has 1 unspecified atom stereocenters. The van der Waals surface area contributed by atoms with Crippen LogP contribution in [0.5, 0.6) is 5.75 Å². The van der Waals surface area contributed by atoms with Crippen LogP contribution in [0.3, 0.4) is 0 Å². The molecule has 2 fully saturated rings. The van der Waals surface area contributed by atoms with E-state index < -0.39 is 0 Å². The molecule has 3 rings (SSSR count). The molecule has 140 valence electrons. The molecule has 25 heavy (non-hydrogen) atoms. The zero-order chi connectivity index (χ0) is 16.8. The van der Waals surface area contributed by atoms with Crippen molar-refractivity contribution in [2.45, 2.75) is 43.6 Å². The minimum Gasteiger partial charge on any atom is -0.496 e. The summed E-state index contributed by atoms with van der Waals surface area (Å²) in [6.45, 7) is 1.72. The van der Waals surface area contributed by atoms with Gasteiger partial charge in [0.2, 0.25) is 5.91 Å². The molecule has 0 bridgehead atoms. The summed E-state index contributed by atoms with van der Waals surface area (Å²) in [5.41, 5.74) is 1.27. The van der Waals surface area contributed by atoms with E-state index in [2.05, 4.69) is 22.8 Å². The Morgan fingerprint density at radius 2 is 2.12 bits per heavy atom. The Bertz CT molecular complexity index is 558. The molecule has 2 aliphatic rings. The largest absolute Gasteiger partial charge is 0.496 e. The molecule has 0 spiro atoms. The fourth-order valence-corrected chi connectivity index (χ4v) is 4.94. The third-order valence-electron chi connectivity index (χ3n) is 5.29. The predicted octanol–water partition coefficient (Wildman–Crippen LogP) is 3.14. The molecule has 1 aromatic rings. The Kier molecular flexibility index (Phi) is 7.91. The van der Waals surface area contributed by atoms with Gasteiger partial charge in [-0.3, -0.25) is 4.79 Å². The summed E-state index contributed by atoms with van der Waals surface area (Å²) >= 11 is 1.93. The van der Waals surface area contributed by atoms with Crippen LogP contribution in [0.15, 0.2) is 24.3 Å². The standard InChI is InChI=1S/C19H28N2O2S.ClH/c1-23-17-7-3-2-6-16(17)19(8-4-5-9-19)14-21-18(22)12-15-13-24-11-10-20-15;/h2-3,6-7,15,20H,4-5,8-14H2,1H3,(H,21,22);1H. The number of amides is 1. The highest BCUT2D eigenvalue weighted by Crippen LogP contribution is 2.44. The molecule has 2 N–H and O–H groups in total. The number of hydrogen-bond donors (Lipinski definition) is 2. The first-order valence-electron chi connectivity index (χ1n) is 8.95. The first kappa shape index (κ1) is 20.4. The Morgan fingerprint density at radius 1 is 1.36 bits per heavy atom. The van der Waals surface area contributed by atoms with E-state index in [0.717, 1.165) is 36.6 Å². The van der Waals surface area contributed by atoms with Crippen molar-refractivity contribution in [3.8, 4) is 5.75 Å². The summed E-state index contributed by atoms with van der Waals surface area (Å²) in [6, 6.07) is 8.59. The smallest absolute Gasteiger partial charge is 0.221 e. The third-order valence-corrected chi connectivity index (χ3v) is 6.42. The van der Waals surface area contributed by atoms with E-state index in [4.69, 9.17) is 4.74 Å². The third kappa shape index (κ3) is 5.05. The van der Waals surface area contributed by atoms with E-state index >= 15 is 0 Å². The van der Waals surface area contributed by atoms with Crippen molar-refractivity contribution >= 4 is 30.1 Å². The van der Waals surface area contributed by atoms with E-state index in [-0.39, 0.29) is 23.7 Å². The van der Waals surface area contributed by atoms with Crippen molar-refractivity contribution in [2.75, 3.05) is 31.7 Å². The second-order valence-electron chi connectivity index (χ2n) is 6.89. The molecule has 0 radical (unpaired) electrons. The summed E-state index contributed by atoms with van der Waals surface area (Å²) < 4.78 is 5.59. The average molecular weight is 385 g/mol. The van der Waals surface area contributed by atoms with Gasteiger partial charge in [0.05, 0.1) is 7.11 Å². The number of ether oxygens (including phenoxy) is 1. The molecule has 1 amide bonds. The van der Waals surface area contributed by atoms with Gasteiger partial charge < -0.3 is 15.4 Å². The van der Waals surface area contributed by atoms with Crippen LogP contribution in [0.1, 0.15) is 37.7 Å². The summed E-state index contributed by atoms with van der Waals surface area (Å²) in [7, 11) is 1.73. The molecule has 4 nitrogen and oxygen atoms in total. The number of carbonyl (C=O) groups is 1. The SMILES string of the molecule is COc1ccccc1C1(CNC(=O)CC2CSCCN2)CCCC1.Cl. The molecule has 1 aliphatic carbocycles. The van der Waals surface area contributed by atoms with Crippen molar-refractivity contribution in [1.29, 1.82) is 0 Å². The fourth-order valence-electron chi connectivity index (χ4n) is 3.99. The molecular weight excluding hydrogens is 356 g/mol. The lowest BCUT2D eigenvalue weighted by molar-refractivity contribution is -0.121. The zero-order valence-corrected chi connectivity index (χ0v) is 16.5. The van der Waals surface area contributed by atoms with Gasteiger partial charge in [0, 0.05) is 48.0 Å². The van der Waals surface area contributed by atoms with Gasteiger partial charge >= 0.3 is 0 Å². The van der Waals surface area contributed by atoms with Gasteiger partial charge in [-0.15, -0.1) is 12.4 Å². The number of thioether (sulfide) groups is 1. The lowest BCUT2D eigenvalue weighted by atomic mass is 9.78. The number of carbonyl (C=O) groups excluding carboxylic acids is 1. The number of rotatable bonds is 6. The van der Waals surface area contributed by atoms with Gasteiger partial charge in [-0.1, -0.05) is 31.0 Å². The second kappa shape index (κ2) is 9.70. The molecule has 1 saturated heterocycles. The van der Waals surface area contributed by atoms with E-state index in [0.29, 0.717) is 19.0 Å². The van der Waals surface area contributed by atoms with Gasteiger partial charge in [0.25, 0.3) is 0 Å². The number of para-hydroxylation sites is 1. The summed E-state index contributed by atoms with van der Waals surface area (Å²) in [4.78, 5) is 12.4. The maximum absolute atomic E-state index is 12.4. The minimum absolute atomic E-state index is 0. The monoisotopic (exact) mass is 384 g/mol. The number of methoxy groups -OCH3 is 1. The van der Waals surface area contributed by atoms with Crippen LogP contribution in [-0.4, -0.2) is 43.7 Å². The Balaban J connectivity index is 0.00000225. The normalized spacial score (nSPS) is 22.0. The number of halogens is 1. The summed E-state index contributed by atoms with van der Waals surface area (Å²) in [5.74, 6) is 3.29. The Labute approximate surface area is 161 Å². The molecule has 1 heterocycles. The molecule has 1 aliphatic heterocycles. The Hall–Kier alpha value is -0.910. The molecule has 0 aromatic heterocycles. The fraction of sp³-hybridized carbons (Fsp3) is 0.632. The average Bonchev–Trinajstić information content (AvgIpc) is 3.11. The highest BCUT2D eigenvalue weighted by atomic mass is 35.5. The van der Waals surface area contributed by atoms with Crippen molar-refractivity contribution in [3.05, 3.63) is 29.8 Å². The topological polar surface area (TPSA) is 50.4 Å². The van der Waals surface area contributed by atoms with E-state index in [9.17, 15) is 4.79 Å². The van der Waals surface area contributed by atoms with Crippen LogP contribution in [0, 0.1) is 0 Å². The lowest BCUT2D eigenvalue weighted by Gasteiger charge is -2.32. The number of benzene rings is 1. The molecule has 6 heteroatoms. The van der Waals surface area contributed by atoms with Crippen LogP contribution in [0.4, 0.5) is 0 Å². The highest BCUT2D eigenvalue weighted by molar-refractivity contribution is 7.99. The maximum Gasteiger partial charge on any atom is 0.221 e. The first-order chi connectivity index (χ1) is 11.7. The van der Waals surface area contributed by atoms with Crippen molar-refractivity contribution in [3.63, 3.8) is 0 Å². The highest BCUT2D eigenvalue weighted by Gasteiger charge is 2.38. The molecule has 1 saturated carbocycles. The number of hydrogen-bond acceptors (Lipinski definition) is 4. The first-order valence-corrected chi connectivity index (χ1v) is 10.1. The van der Waals surface area contributed by atoms with Crippen molar-refractivity contribution < 1.29 is 9.53 Å². The zero-order valence-electron chi connectivity index (χ0n) is 14.9. The van der Waals surface area contributed by atoms with Gasteiger partial charge in [-0.2, -0.15) is 11.8 Å². The maximum atomic E-state index is 12.4. The Morgan fingerprint density at radius 3 is 2.80 bits per heavy atom. The van der Waals surface area contributed by atoms with Crippen LogP contribution in [-0.2, 0) is 10.2 Å². The van der Waals surface area contributed by atoms with Crippen molar-refractivity contribution in [1.82, 2.24) is 10.6 Å². The summed E-state index contributed by atoms with van der Waals surface area (Å²) in [6.07, 6.45) is 5.24. The predicted molar refractivity (Wildman–Crippen MR) is 107 cm³/mol. The van der Waals surface area contributed by atoms with Gasteiger partial charge in [-0.25, -0.2) is 0 Å². The van der Waals surface area contributed by atoms with E-state index in [1.165, 1.54) is 18.4 Å². The van der Waals surface area contributed by atoms with E-state index in [1.54, 1.807) is 7.11 Å². The molecular formula is C19H29ClN2O2S. The van der Waals surface area contributed by atoms with Crippen molar-refractivity contribution in [2.24, 2.45) is 0 Å². The molecule has 1 aromatic carbocycles. The van der Waals surface area contributed by atoms with Gasteiger partial charge in [0.15, 0.2) is 0 Å². The van der Waals surface area contributed by atoms with E-state index in [1.807, 2.05) is 23.9 Å². The van der Waals surface area contributed by atoms with Crippen LogP contribution >= 0.6 is 24.2 Å². The van der Waals surface area contributed by atoms with Crippen LogP contribution < -0.4 is 15.4 Å². The van der Waals surface area contributed by atoms with Crippen LogP contribution in [0.25, 0.3) is 0 Å². The van der Waals surface area contributed by atoms with Gasteiger partial charge in [-0.05, 0) is 18.9 Å². The molecule has 1 atom stereocenters. The second-order valence-corrected chi connectivity index (χ2v) is 8.04.